The minimum atomic E-state index is 0.745. The molecule has 0 bridgehead atoms. The minimum Gasteiger partial charge on any atom is -0.199 e. The lowest BCUT2D eigenvalue weighted by Gasteiger charge is -1.87. The summed E-state index contributed by atoms with van der Waals surface area (Å²) >= 11 is 0. The number of hydrogen-bond acceptors (Lipinski definition) is 4. The number of rotatable bonds is 1. The van der Waals surface area contributed by atoms with Gasteiger partial charge in [0.1, 0.15) is 5.69 Å². The van der Waals surface area contributed by atoms with Gasteiger partial charge < -0.3 is 0 Å². The standard InChI is InChI=1S/C6H7N5/c1-2-5-6-9-7-3-4-11(6)10-8-5/h3-4H,2H2,1H3. The fraction of sp³-hybridized carbons (Fsp3) is 0.333. The van der Waals surface area contributed by atoms with Crippen molar-refractivity contribution < 1.29 is 0 Å². The van der Waals surface area contributed by atoms with Crippen molar-refractivity contribution in [1.29, 1.82) is 0 Å². The molecule has 5 heteroatoms. The van der Waals surface area contributed by atoms with E-state index in [4.69, 9.17) is 0 Å². The molecule has 0 aliphatic carbocycles. The van der Waals surface area contributed by atoms with Crippen LogP contribution in [0.3, 0.4) is 0 Å². The molecule has 0 aliphatic heterocycles. The van der Waals surface area contributed by atoms with Crippen molar-refractivity contribution in [2.75, 3.05) is 0 Å². The lowest BCUT2D eigenvalue weighted by atomic mass is 10.4. The van der Waals surface area contributed by atoms with E-state index in [9.17, 15) is 0 Å². The van der Waals surface area contributed by atoms with Crippen molar-refractivity contribution in [2.24, 2.45) is 0 Å². The molecule has 0 spiro atoms. The monoisotopic (exact) mass is 149 g/mol. The van der Waals surface area contributed by atoms with Crippen LogP contribution >= 0.6 is 0 Å². The second kappa shape index (κ2) is 2.26. The summed E-state index contributed by atoms with van der Waals surface area (Å²) in [5, 5.41) is 15.4. The fourth-order valence-electron chi connectivity index (χ4n) is 0.935. The van der Waals surface area contributed by atoms with E-state index in [1.54, 1.807) is 16.9 Å². The predicted octanol–water partition coefficient (Wildman–Crippen LogP) is 0.0817. The van der Waals surface area contributed by atoms with Crippen LogP contribution in [0.2, 0.25) is 0 Å². The molecule has 0 atom stereocenters. The van der Waals surface area contributed by atoms with Gasteiger partial charge in [-0.05, 0) is 6.42 Å². The van der Waals surface area contributed by atoms with Gasteiger partial charge in [0.2, 0.25) is 5.65 Å². The van der Waals surface area contributed by atoms with Crippen molar-refractivity contribution in [3.63, 3.8) is 0 Å². The number of aromatic nitrogens is 5. The van der Waals surface area contributed by atoms with E-state index >= 15 is 0 Å². The van der Waals surface area contributed by atoms with Gasteiger partial charge in [0, 0.05) is 0 Å². The molecule has 0 saturated carbocycles. The van der Waals surface area contributed by atoms with E-state index in [1.165, 1.54) is 0 Å². The summed E-state index contributed by atoms with van der Waals surface area (Å²) in [6.07, 6.45) is 4.15. The molecular formula is C6H7N5. The van der Waals surface area contributed by atoms with Crippen LogP contribution in [0, 0.1) is 0 Å². The van der Waals surface area contributed by atoms with Gasteiger partial charge in [-0.3, -0.25) is 0 Å². The Kier molecular flexibility index (Phi) is 1.28. The van der Waals surface area contributed by atoms with Crippen molar-refractivity contribution in [2.45, 2.75) is 13.3 Å². The van der Waals surface area contributed by atoms with E-state index < -0.39 is 0 Å². The summed E-state index contributed by atoms with van der Waals surface area (Å²) in [6, 6.07) is 0. The van der Waals surface area contributed by atoms with Gasteiger partial charge in [0.05, 0.1) is 12.4 Å². The van der Waals surface area contributed by atoms with Crippen LogP contribution in [0.4, 0.5) is 0 Å². The second-order valence-electron chi connectivity index (χ2n) is 2.17. The Balaban J connectivity index is 2.76. The fourth-order valence-corrected chi connectivity index (χ4v) is 0.935. The maximum absolute atomic E-state index is 3.92. The average Bonchev–Trinajstić information content (AvgIpc) is 2.47. The molecule has 0 fully saturated rings. The lowest BCUT2D eigenvalue weighted by molar-refractivity contribution is 0.820. The maximum Gasteiger partial charge on any atom is 0.200 e. The number of fused-ring (bicyclic) bond motifs is 1. The number of nitrogens with zero attached hydrogens (tertiary/aromatic N) is 5. The number of hydrogen-bond donors (Lipinski definition) is 0. The van der Waals surface area contributed by atoms with Gasteiger partial charge in [-0.15, -0.1) is 10.2 Å². The highest BCUT2D eigenvalue weighted by atomic mass is 15.4. The van der Waals surface area contributed by atoms with Crippen molar-refractivity contribution >= 4 is 5.65 Å². The molecule has 0 unspecified atom stereocenters. The Morgan fingerprint density at radius 1 is 1.45 bits per heavy atom. The summed E-state index contributed by atoms with van der Waals surface area (Å²) in [5.74, 6) is 0. The topological polar surface area (TPSA) is 56.0 Å². The molecule has 0 aliphatic rings. The molecular weight excluding hydrogens is 142 g/mol. The van der Waals surface area contributed by atoms with E-state index in [2.05, 4.69) is 20.5 Å². The first-order chi connectivity index (χ1) is 5.42. The highest BCUT2D eigenvalue weighted by Gasteiger charge is 2.02. The van der Waals surface area contributed by atoms with Crippen LogP contribution < -0.4 is 0 Å². The smallest absolute Gasteiger partial charge is 0.199 e. The molecule has 2 aromatic rings. The van der Waals surface area contributed by atoms with Gasteiger partial charge in [0.15, 0.2) is 0 Å². The third kappa shape index (κ3) is 0.849. The van der Waals surface area contributed by atoms with Gasteiger partial charge >= 0.3 is 0 Å². The average molecular weight is 149 g/mol. The first kappa shape index (κ1) is 6.21. The zero-order valence-electron chi connectivity index (χ0n) is 6.10. The van der Waals surface area contributed by atoms with Gasteiger partial charge in [0.25, 0.3) is 0 Å². The van der Waals surface area contributed by atoms with E-state index in [0.717, 1.165) is 17.8 Å². The summed E-state index contributed by atoms with van der Waals surface area (Å²) in [5.41, 5.74) is 1.63. The van der Waals surface area contributed by atoms with Crippen LogP contribution in [-0.2, 0) is 6.42 Å². The van der Waals surface area contributed by atoms with Crippen molar-refractivity contribution in [3.05, 3.63) is 18.1 Å². The Labute approximate surface area is 63.1 Å². The Bertz CT molecular complexity index is 366. The molecule has 11 heavy (non-hydrogen) atoms. The first-order valence-corrected chi connectivity index (χ1v) is 3.43. The molecule has 56 valence electrons. The Hall–Kier alpha value is -1.52. The lowest BCUT2D eigenvalue weighted by Crippen LogP contribution is -1.91. The van der Waals surface area contributed by atoms with Crippen molar-refractivity contribution in [1.82, 2.24) is 25.0 Å². The molecule has 0 radical (unpaired) electrons. The maximum atomic E-state index is 3.92. The van der Waals surface area contributed by atoms with Gasteiger partial charge in [-0.2, -0.15) is 9.61 Å². The van der Waals surface area contributed by atoms with Crippen LogP contribution in [0.5, 0.6) is 0 Å². The molecule has 0 amide bonds. The molecule has 2 rings (SSSR count). The molecule has 0 N–H and O–H groups in total. The Morgan fingerprint density at radius 3 is 3.18 bits per heavy atom. The molecule has 2 aromatic heterocycles. The highest BCUT2D eigenvalue weighted by Crippen LogP contribution is 2.01. The Morgan fingerprint density at radius 2 is 2.36 bits per heavy atom. The summed E-state index contributed by atoms with van der Waals surface area (Å²) in [6.45, 7) is 2.01. The SMILES string of the molecule is CCc1nnn2ccnnc12. The van der Waals surface area contributed by atoms with Crippen molar-refractivity contribution in [3.8, 4) is 0 Å². The van der Waals surface area contributed by atoms with E-state index in [1.807, 2.05) is 6.92 Å². The quantitative estimate of drug-likeness (QED) is 0.576. The summed E-state index contributed by atoms with van der Waals surface area (Å²) in [7, 11) is 0. The summed E-state index contributed by atoms with van der Waals surface area (Å²) < 4.78 is 1.62. The third-order valence-electron chi connectivity index (χ3n) is 1.50. The van der Waals surface area contributed by atoms with Crippen LogP contribution in [0.15, 0.2) is 12.4 Å². The van der Waals surface area contributed by atoms with Gasteiger partial charge in [-0.25, -0.2) is 0 Å². The summed E-state index contributed by atoms with van der Waals surface area (Å²) in [4.78, 5) is 0. The first-order valence-electron chi connectivity index (χ1n) is 3.43. The second-order valence-corrected chi connectivity index (χ2v) is 2.17. The number of aryl methyl sites for hydroxylation is 1. The van der Waals surface area contributed by atoms with Crippen LogP contribution in [0.1, 0.15) is 12.6 Å². The molecule has 0 aromatic carbocycles. The van der Waals surface area contributed by atoms with E-state index in [-0.39, 0.29) is 0 Å². The largest absolute Gasteiger partial charge is 0.200 e. The zero-order valence-corrected chi connectivity index (χ0v) is 6.10. The molecule has 5 nitrogen and oxygen atoms in total. The van der Waals surface area contributed by atoms with Gasteiger partial charge in [-0.1, -0.05) is 12.1 Å². The molecule has 0 saturated heterocycles. The third-order valence-corrected chi connectivity index (χ3v) is 1.50. The van der Waals surface area contributed by atoms with Crippen LogP contribution in [0.25, 0.3) is 5.65 Å². The van der Waals surface area contributed by atoms with Crippen LogP contribution in [-0.4, -0.2) is 25.0 Å². The zero-order chi connectivity index (χ0) is 7.68. The van der Waals surface area contributed by atoms with E-state index in [0.29, 0.717) is 0 Å². The predicted molar refractivity (Wildman–Crippen MR) is 38.0 cm³/mol. The minimum absolute atomic E-state index is 0.745. The normalized spacial score (nSPS) is 10.6. The molecule has 2 heterocycles. The highest BCUT2D eigenvalue weighted by molar-refractivity contribution is 5.39.